The standard InChI is InChI=1S/C19H26N2O3S/c22-19(18-13-23-16-6-1-2-7-17(16)24-18)21-10-5-11-25-14-15(21)12-20-8-3-4-9-20/h1-2,6-7,15,18H,3-5,8-14H2. The topological polar surface area (TPSA) is 42.0 Å². The van der Waals surface area contributed by atoms with Crippen molar-refractivity contribution in [2.45, 2.75) is 31.4 Å². The van der Waals surface area contributed by atoms with Gasteiger partial charge in [0, 0.05) is 18.8 Å². The first kappa shape index (κ1) is 17.0. The molecule has 0 spiro atoms. The van der Waals surface area contributed by atoms with Crippen LogP contribution in [0.2, 0.25) is 0 Å². The number of benzene rings is 1. The molecular formula is C19H26N2O3S. The highest BCUT2D eigenvalue weighted by Gasteiger charge is 2.35. The Labute approximate surface area is 153 Å². The van der Waals surface area contributed by atoms with Gasteiger partial charge in [-0.2, -0.15) is 11.8 Å². The van der Waals surface area contributed by atoms with Crippen molar-refractivity contribution in [1.29, 1.82) is 0 Å². The summed E-state index contributed by atoms with van der Waals surface area (Å²) in [5, 5.41) is 0. The molecule has 2 atom stereocenters. The van der Waals surface area contributed by atoms with Crippen LogP contribution < -0.4 is 9.47 Å². The number of nitrogens with zero attached hydrogens (tertiary/aromatic N) is 2. The van der Waals surface area contributed by atoms with Gasteiger partial charge < -0.3 is 19.3 Å². The van der Waals surface area contributed by atoms with E-state index in [0.717, 1.165) is 36.8 Å². The largest absolute Gasteiger partial charge is 0.485 e. The quantitative estimate of drug-likeness (QED) is 0.825. The van der Waals surface area contributed by atoms with E-state index in [4.69, 9.17) is 9.47 Å². The summed E-state index contributed by atoms with van der Waals surface area (Å²) in [7, 11) is 0. The lowest BCUT2D eigenvalue weighted by Gasteiger charge is -2.36. The summed E-state index contributed by atoms with van der Waals surface area (Å²) in [4.78, 5) is 17.8. The Bertz CT molecular complexity index is 606. The van der Waals surface area contributed by atoms with E-state index in [0.29, 0.717) is 12.4 Å². The second-order valence-corrected chi connectivity index (χ2v) is 8.14. The molecule has 0 aromatic heterocycles. The van der Waals surface area contributed by atoms with Gasteiger partial charge in [-0.3, -0.25) is 4.79 Å². The van der Waals surface area contributed by atoms with E-state index in [9.17, 15) is 4.79 Å². The highest BCUT2D eigenvalue weighted by molar-refractivity contribution is 7.99. The molecule has 1 amide bonds. The summed E-state index contributed by atoms with van der Waals surface area (Å²) in [6.45, 7) is 4.45. The SMILES string of the molecule is O=C(C1COc2ccccc2O1)N1CCCSCC1CN1CCCC1. The van der Waals surface area contributed by atoms with Crippen LogP contribution >= 0.6 is 11.8 Å². The highest BCUT2D eigenvalue weighted by atomic mass is 32.2. The van der Waals surface area contributed by atoms with Crippen LogP contribution in [0.1, 0.15) is 19.3 Å². The van der Waals surface area contributed by atoms with Crippen molar-refractivity contribution in [2.24, 2.45) is 0 Å². The molecule has 3 aliphatic heterocycles. The van der Waals surface area contributed by atoms with Gasteiger partial charge in [0.25, 0.3) is 5.91 Å². The third kappa shape index (κ3) is 3.90. The van der Waals surface area contributed by atoms with Crippen LogP contribution in [0.3, 0.4) is 0 Å². The smallest absolute Gasteiger partial charge is 0.267 e. The molecule has 4 rings (SSSR count). The van der Waals surface area contributed by atoms with E-state index >= 15 is 0 Å². The van der Waals surface area contributed by atoms with Crippen LogP contribution in [-0.2, 0) is 4.79 Å². The second kappa shape index (κ2) is 7.87. The maximum atomic E-state index is 13.2. The molecule has 2 unspecified atom stereocenters. The predicted molar refractivity (Wildman–Crippen MR) is 99.5 cm³/mol. The van der Waals surface area contributed by atoms with Gasteiger partial charge in [0.2, 0.25) is 6.10 Å². The lowest BCUT2D eigenvalue weighted by atomic mass is 10.2. The van der Waals surface area contributed by atoms with E-state index in [1.165, 1.54) is 25.9 Å². The van der Waals surface area contributed by atoms with Crippen molar-refractivity contribution in [1.82, 2.24) is 9.80 Å². The molecule has 0 N–H and O–H groups in total. The van der Waals surface area contributed by atoms with Crippen LogP contribution in [0.4, 0.5) is 0 Å². The minimum atomic E-state index is -0.529. The summed E-state index contributed by atoms with van der Waals surface area (Å²) in [5.74, 6) is 3.64. The summed E-state index contributed by atoms with van der Waals surface area (Å²) < 4.78 is 11.7. The van der Waals surface area contributed by atoms with Gasteiger partial charge in [-0.1, -0.05) is 12.1 Å². The molecule has 1 aromatic carbocycles. The zero-order chi connectivity index (χ0) is 17.1. The van der Waals surface area contributed by atoms with Crippen molar-refractivity contribution in [3.05, 3.63) is 24.3 Å². The molecule has 25 heavy (non-hydrogen) atoms. The molecule has 3 heterocycles. The van der Waals surface area contributed by atoms with E-state index in [-0.39, 0.29) is 11.9 Å². The molecule has 0 aliphatic carbocycles. The molecular weight excluding hydrogens is 336 g/mol. The van der Waals surface area contributed by atoms with Gasteiger partial charge in [-0.05, 0) is 50.2 Å². The maximum absolute atomic E-state index is 13.2. The van der Waals surface area contributed by atoms with E-state index < -0.39 is 6.10 Å². The average Bonchev–Trinajstić information content (AvgIpc) is 3.05. The zero-order valence-corrected chi connectivity index (χ0v) is 15.4. The van der Waals surface area contributed by atoms with E-state index in [1.54, 1.807) is 0 Å². The maximum Gasteiger partial charge on any atom is 0.267 e. The Morgan fingerprint density at radius 3 is 2.76 bits per heavy atom. The monoisotopic (exact) mass is 362 g/mol. The fourth-order valence-corrected chi connectivity index (χ4v) is 4.92. The van der Waals surface area contributed by atoms with Gasteiger partial charge in [-0.15, -0.1) is 0 Å². The van der Waals surface area contributed by atoms with Crippen LogP contribution in [0.25, 0.3) is 0 Å². The number of carbonyl (C=O) groups excluding carboxylic acids is 1. The zero-order valence-electron chi connectivity index (χ0n) is 14.6. The molecule has 0 bridgehead atoms. The Kier molecular flexibility index (Phi) is 5.36. The first-order chi connectivity index (χ1) is 12.3. The van der Waals surface area contributed by atoms with Crippen LogP contribution in [0.15, 0.2) is 24.3 Å². The van der Waals surface area contributed by atoms with Gasteiger partial charge >= 0.3 is 0 Å². The first-order valence-corrected chi connectivity index (χ1v) is 10.5. The number of hydrogen-bond acceptors (Lipinski definition) is 5. The Morgan fingerprint density at radius 2 is 1.92 bits per heavy atom. The molecule has 6 heteroatoms. The van der Waals surface area contributed by atoms with Crippen molar-refractivity contribution < 1.29 is 14.3 Å². The number of carbonyl (C=O) groups is 1. The lowest BCUT2D eigenvalue weighted by molar-refractivity contribution is -0.143. The van der Waals surface area contributed by atoms with E-state index in [1.807, 2.05) is 36.0 Å². The third-order valence-electron chi connectivity index (χ3n) is 5.17. The van der Waals surface area contributed by atoms with Crippen molar-refractivity contribution in [3.63, 3.8) is 0 Å². The van der Waals surface area contributed by atoms with Crippen molar-refractivity contribution in [3.8, 4) is 11.5 Å². The highest BCUT2D eigenvalue weighted by Crippen LogP contribution is 2.32. The summed E-state index contributed by atoms with van der Waals surface area (Å²) >= 11 is 1.97. The summed E-state index contributed by atoms with van der Waals surface area (Å²) in [6.07, 6.45) is 3.09. The summed E-state index contributed by atoms with van der Waals surface area (Å²) in [5.41, 5.74) is 0. The Morgan fingerprint density at radius 1 is 1.12 bits per heavy atom. The molecule has 0 saturated carbocycles. The van der Waals surface area contributed by atoms with Crippen molar-refractivity contribution in [2.75, 3.05) is 44.3 Å². The minimum absolute atomic E-state index is 0.0844. The number of thioether (sulfide) groups is 1. The number of rotatable bonds is 3. The number of ether oxygens (including phenoxy) is 2. The van der Waals surface area contributed by atoms with Gasteiger partial charge in [0.1, 0.15) is 6.61 Å². The predicted octanol–water partition coefficient (Wildman–Crippen LogP) is 2.26. The normalized spacial score (nSPS) is 27.1. The number of para-hydroxylation sites is 2. The third-order valence-corrected chi connectivity index (χ3v) is 6.37. The molecule has 1 aromatic rings. The fraction of sp³-hybridized carbons (Fsp3) is 0.632. The van der Waals surface area contributed by atoms with Gasteiger partial charge in [-0.25, -0.2) is 0 Å². The van der Waals surface area contributed by atoms with Gasteiger partial charge in [0.05, 0.1) is 6.04 Å². The van der Waals surface area contributed by atoms with E-state index in [2.05, 4.69) is 9.80 Å². The van der Waals surface area contributed by atoms with Gasteiger partial charge in [0.15, 0.2) is 11.5 Å². The molecule has 136 valence electrons. The number of amides is 1. The Balaban J connectivity index is 1.46. The lowest BCUT2D eigenvalue weighted by Crippen LogP contribution is -2.53. The fourth-order valence-electron chi connectivity index (χ4n) is 3.86. The van der Waals surface area contributed by atoms with Crippen molar-refractivity contribution >= 4 is 17.7 Å². The summed E-state index contributed by atoms with van der Waals surface area (Å²) in [6, 6.07) is 7.86. The Hall–Kier alpha value is -1.40. The number of fused-ring (bicyclic) bond motifs is 1. The first-order valence-electron chi connectivity index (χ1n) is 9.30. The van der Waals surface area contributed by atoms with Crippen LogP contribution in [0, 0.1) is 0 Å². The average molecular weight is 362 g/mol. The number of hydrogen-bond donors (Lipinski definition) is 0. The minimum Gasteiger partial charge on any atom is -0.485 e. The molecule has 3 aliphatic rings. The molecule has 0 radical (unpaired) electrons. The molecule has 2 fully saturated rings. The van der Waals surface area contributed by atoms with Crippen LogP contribution in [-0.4, -0.2) is 72.1 Å². The molecule has 2 saturated heterocycles. The molecule has 5 nitrogen and oxygen atoms in total. The number of likely N-dealkylation sites (tertiary alicyclic amines) is 1. The second-order valence-electron chi connectivity index (χ2n) is 6.99. The van der Waals surface area contributed by atoms with Crippen LogP contribution in [0.5, 0.6) is 11.5 Å².